The van der Waals surface area contributed by atoms with Crippen LogP contribution in [0, 0.1) is 12.7 Å². The molecule has 144 valence electrons. The van der Waals surface area contributed by atoms with Crippen LogP contribution in [0.25, 0.3) is 17.1 Å². The lowest BCUT2D eigenvalue weighted by atomic mass is 9.95. The third kappa shape index (κ3) is 3.96. The van der Waals surface area contributed by atoms with Crippen molar-refractivity contribution in [2.75, 3.05) is 0 Å². The van der Waals surface area contributed by atoms with Crippen LogP contribution in [0.5, 0.6) is 0 Å². The fourth-order valence-electron chi connectivity index (χ4n) is 3.64. The molecule has 1 saturated carbocycles. The fourth-order valence-corrected chi connectivity index (χ4v) is 3.64. The lowest BCUT2D eigenvalue weighted by Gasteiger charge is -2.21. The Hall–Kier alpha value is -3.02. The van der Waals surface area contributed by atoms with E-state index in [0.29, 0.717) is 11.5 Å². The molecule has 0 bridgehead atoms. The number of carbonyl (C=O) groups is 1. The molecule has 0 saturated heterocycles. The van der Waals surface area contributed by atoms with E-state index >= 15 is 0 Å². The molecule has 0 atom stereocenters. The number of hydrogen-bond acceptors (Lipinski definition) is 3. The Kier molecular flexibility index (Phi) is 5.19. The maximum atomic E-state index is 13.4. The molecule has 1 N–H and O–H groups in total. The molecule has 1 aliphatic carbocycles. The van der Waals surface area contributed by atoms with Crippen molar-refractivity contribution in [3.63, 3.8) is 0 Å². The number of aryl methyl sites for hydroxylation is 1. The molecule has 0 spiro atoms. The average Bonchev–Trinajstić information content (AvgIpc) is 3.15. The number of hydrogen-bond donors (Lipinski definition) is 1. The quantitative estimate of drug-likeness (QED) is 0.730. The van der Waals surface area contributed by atoms with E-state index in [1.165, 1.54) is 18.6 Å². The zero-order chi connectivity index (χ0) is 19.5. The third-order valence-electron chi connectivity index (χ3n) is 5.10. The third-order valence-corrected chi connectivity index (χ3v) is 5.10. The van der Waals surface area contributed by atoms with Crippen LogP contribution >= 0.6 is 0 Å². The van der Waals surface area contributed by atoms with Crippen molar-refractivity contribution in [3.8, 4) is 17.1 Å². The Labute approximate surface area is 163 Å². The molecule has 5 nitrogen and oxygen atoms in total. The van der Waals surface area contributed by atoms with Gasteiger partial charge in [0.25, 0.3) is 5.91 Å². The first kappa shape index (κ1) is 18.3. The monoisotopic (exact) mass is 378 g/mol. The largest absolute Gasteiger partial charge is 0.347 e. The molecule has 0 aliphatic heterocycles. The first-order chi connectivity index (χ1) is 13.6. The van der Waals surface area contributed by atoms with Crippen molar-refractivity contribution in [3.05, 3.63) is 65.7 Å². The maximum Gasteiger partial charge on any atom is 0.291 e. The summed E-state index contributed by atoms with van der Waals surface area (Å²) in [4.78, 5) is 17.3. The molecule has 4 rings (SSSR count). The first-order valence-corrected chi connectivity index (χ1v) is 9.71. The lowest BCUT2D eigenvalue weighted by Crippen LogP contribution is -2.36. The Bertz CT molecular complexity index is 974. The van der Waals surface area contributed by atoms with Gasteiger partial charge in [0, 0.05) is 11.6 Å². The van der Waals surface area contributed by atoms with Crippen LogP contribution in [0.2, 0.25) is 0 Å². The molecular formula is C22H23FN4O. The summed E-state index contributed by atoms with van der Waals surface area (Å²) in [6, 6.07) is 14.1. The average molecular weight is 378 g/mol. The van der Waals surface area contributed by atoms with Gasteiger partial charge in [-0.2, -0.15) is 0 Å². The summed E-state index contributed by atoms with van der Waals surface area (Å²) in [5.74, 6) is 0.105. The lowest BCUT2D eigenvalue weighted by molar-refractivity contribution is 0.0917. The minimum Gasteiger partial charge on any atom is -0.347 e. The standard InChI is InChI=1S/C22H23FN4O/c1-15-6-5-7-16(14-15)21-25-20(22(28)24-18-8-3-2-4-9-18)26-27(21)19-12-10-17(23)11-13-19/h5-7,10-14,18H,2-4,8-9H2,1H3,(H,24,28). The molecular weight excluding hydrogens is 355 g/mol. The van der Waals surface area contributed by atoms with Gasteiger partial charge in [0.1, 0.15) is 5.82 Å². The SMILES string of the molecule is Cc1cccc(-c2nc(C(=O)NC3CCCCC3)nn2-c2ccc(F)cc2)c1. The van der Waals surface area contributed by atoms with E-state index in [2.05, 4.69) is 15.4 Å². The Morgan fingerprint density at radius 3 is 2.57 bits per heavy atom. The van der Waals surface area contributed by atoms with Crippen molar-refractivity contribution < 1.29 is 9.18 Å². The topological polar surface area (TPSA) is 59.8 Å². The van der Waals surface area contributed by atoms with E-state index in [9.17, 15) is 9.18 Å². The summed E-state index contributed by atoms with van der Waals surface area (Å²) in [6.07, 6.45) is 5.49. The highest BCUT2D eigenvalue weighted by Gasteiger charge is 2.22. The molecule has 0 unspecified atom stereocenters. The van der Waals surface area contributed by atoms with E-state index in [1.54, 1.807) is 16.8 Å². The maximum absolute atomic E-state index is 13.4. The summed E-state index contributed by atoms with van der Waals surface area (Å²) in [5.41, 5.74) is 2.59. The zero-order valence-electron chi connectivity index (χ0n) is 15.9. The van der Waals surface area contributed by atoms with Gasteiger partial charge >= 0.3 is 0 Å². The number of amides is 1. The van der Waals surface area contributed by atoms with Crippen molar-refractivity contribution in [1.82, 2.24) is 20.1 Å². The summed E-state index contributed by atoms with van der Waals surface area (Å²) in [7, 11) is 0. The number of carbonyl (C=O) groups excluding carboxylic acids is 1. The van der Waals surface area contributed by atoms with Gasteiger partial charge in [-0.15, -0.1) is 5.10 Å². The number of aromatic nitrogens is 3. The van der Waals surface area contributed by atoms with Gasteiger partial charge in [-0.3, -0.25) is 4.79 Å². The van der Waals surface area contributed by atoms with Crippen LogP contribution in [0.1, 0.15) is 48.3 Å². The molecule has 1 heterocycles. The number of nitrogens with zero attached hydrogens (tertiary/aromatic N) is 3. The Balaban J connectivity index is 1.71. The molecule has 1 amide bonds. The van der Waals surface area contributed by atoms with Gasteiger partial charge in [-0.25, -0.2) is 14.1 Å². The van der Waals surface area contributed by atoms with E-state index in [-0.39, 0.29) is 23.6 Å². The normalized spacial score (nSPS) is 14.8. The van der Waals surface area contributed by atoms with Crippen LogP contribution in [0.3, 0.4) is 0 Å². The van der Waals surface area contributed by atoms with E-state index in [4.69, 9.17) is 0 Å². The van der Waals surface area contributed by atoms with Crippen LogP contribution in [0.15, 0.2) is 48.5 Å². The van der Waals surface area contributed by atoms with Gasteiger partial charge in [-0.05, 0) is 50.1 Å². The minimum absolute atomic E-state index is 0.131. The number of nitrogens with one attached hydrogen (secondary N) is 1. The molecule has 6 heteroatoms. The molecule has 3 aromatic rings. The van der Waals surface area contributed by atoms with Crippen LogP contribution in [-0.2, 0) is 0 Å². The summed E-state index contributed by atoms with van der Waals surface area (Å²) in [5, 5.41) is 7.51. The summed E-state index contributed by atoms with van der Waals surface area (Å²) in [6.45, 7) is 2.00. The second kappa shape index (κ2) is 7.92. The second-order valence-electron chi connectivity index (χ2n) is 7.33. The highest BCUT2D eigenvalue weighted by atomic mass is 19.1. The zero-order valence-corrected chi connectivity index (χ0v) is 15.9. The number of halogens is 1. The predicted octanol–water partition coefficient (Wildman–Crippen LogP) is 4.44. The van der Waals surface area contributed by atoms with E-state index < -0.39 is 0 Å². The molecule has 1 fully saturated rings. The van der Waals surface area contributed by atoms with Gasteiger partial charge in [0.05, 0.1) is 5.69 Å². The smallest absolute Gasteiger partial charge is 0.291 e. The van der Waals surface area contributed by atoms with Crippen LogP contribution in [-0.4, -0.2) is 26.7 Å². The fraction of sp³-hybridized carbons (Fsp3) is 0.318. The number of benzene rings is 2. The van der Waals surface area contributed by atoms with Gasteiger partial charge in [-0.1, -0.05) is 43.0 Å². The molecule has 0 radical (unpaired) electrons. The molecule has 28 heavy (non-hydrogen) atoms. The van der Waals surface area contributed by atoms with Gasteiger partial charge in [0.2, 0.25) is 5.82 Å². The first-order valence-electron chi connectivity index (χ1n) is 9.71. The van der Waals surface area contributed by atoms with Crippen molar-refractivity contribution in [2.45, 2.75) is 45.1 Å². The van der Waals surface area contributed by atoms with E-state index in [0.717, 1.165) is 36.8 Å². The van der Waals surface area contributed by atoms with Gasteiger partial charge < -0.3 is 5.32 Å². The van der Waals surface area contributed by atoms with E-state index in [1.807, 2.05) is 31.2 Å². The summed E-state index contributed by atoms with van der Waals surface area (Å²) >= 11 is 0. The highest BCUT2D eigenvalue weighted by Crippen LogP contribution is 2.23. The molecule has 2 aromatic carbocycles. The number of rotatable bonds is 4. The summed E-state index contributed by atoms with van der Waals surface area (Å²) < 4.78 is 15.0. The van der Waals surface area contributed by atoms with Gasteiger partial charge in [0.15, 0.2) is 5.82 Å². The highest BCUT2D eigenvalue weighted by molar-refractivity contribution is 5.91. The van der Waals surface area contributed by atoms with Crippen molar-refractivity contribution in [1.29, 1.82) is 0 Å². The van der Waals surface area contributed by atoms with Crippen LogP contribution < -0.4 is 5.32 Å². The van der Waals surface area contributed by atoms with Crippen molar-refractivity contribution in [2.24, 2.45) is 0 Å². The Morgan fingerprint density at radius 2 is 1.86 bits per heavy atom. The second-order valence-corrected chi connectivity index (χ2v) is 7.33. The van der Waals surface area contributed by atoms with Crippen molar-refractivity contribution >= 4 is 5.91 Å². The molecule has 1 aliphatic rings. The van der Waals surface area contributed by atoms with Crippen LogP contribution in [0.4, 0.5) is 4.39 Å². The minimum atomic E-state index is -0.323. The Morgan fingerprint density at radius 1 is 1.11 bits per heavy atom. The predicted molar refractivity (Wildman–Crippen MR) is 106 cm³/mol. The molecule has 1 aromatic heterocycles.